The fourth-order valence-corrected chi connectivity index (χ4v) is 1.43. The Labute approximate surface area is 98.6 Å². The van der Waals surface area contributed by atoms with Gasteiger partial charge in [0.15, 0.2) is 0 Å². The Morgan fingerprint density at radius 1 is 0.867 bits per heavy atom. The molecule has 0 nitrogen and oxygen atoms in total. The van der Waals surface area contributed by atoms with E-state index in [1.54, 1.807) is 0 Å². The maximum absolute atomic E-state index is 7.94. The van der Waals surface area contributed by atoms with E-state index in [9.17, 15) is 0 Å². The lowest BCUT2D eigenvalue weighted by Crippen LogP contribution is -1.86. The number of rotatable bonds is 2. The van der Waals surface area contributed by atoms with Crippen molar-refractivity contribution in [1.29, 1.82) is 0 Å². The molecule has 0 heterocycles. The zero-order chi connectivity index (χ0) is 15.0. The first kappa shape index (κ1) is 5.50. The fourth-order valence-electron chi connectivity index (χ4n) is 1.43. The van der Waals surface area contributed by atoms with Gasteiger partial charge in [-0.1, -0.05) is 68.3 Å². The molecule has 0 radical (unpaired) electrons. The molecule has 0 fully saturated rings. The molecule has 0 amide bonds. The van der Waals surface area contributed by atoms with Crippen molar-refractivity contribution in [2.24, 2.45) is 0 Å². The summed E-state index contributed by atoms with van der Waals surface area (Å²) in [6.07, 6.45) is 0. The summed E-state index contributed by atoms with van der Waals surface area (Å²) in [5.41, 5.74) is 2.05. The molecular weight excluding hydrogens is 180 g/mol. The van der Waals surface area contributed by atoms with Crippen molar-refractivity contribution in [1.82, 2.24) is 0 Å². The summed E-state index contributed by atoms with van der Waals surface area (Å²) in [4.78, 5) is 0. The topological polar surface area (TPSA) is 0 Å². The van der Waals surface area contributed by atoms with E-state index in [1.165, 1.54) is 0 Å². The largest absolute Gasteiger partial charge is 0.0629 e. The van der Waals surface area contributed by atoms with Crippen LogP contribution in [-0.4, -0.2) is 0 Å². The molecule has 0 aliphatic rings. The molecular formula is C15H16. The fraction of sp³-hybridized carbons (Fsp3) is 0.200. The van der Waals surface area contributed by atoms with E-state index in [0.29, 0.717) is 11.5 Å². The summed E-state index contributed by atoms with van der Waals surface area (Å²) in [5, 5.41) is 0. The van der Waals surface area contributed by atoms with Gasteiger partial charge in [0.2, 0.25) is 0 Å². The van der Waals surface area contributed by atoms with Crippen LogP contribution in [0.4, 0.5) is 0 Å². The van der Waals surface area contributed by atoms with E-state index in [1.807, 2.05) is 24.3 Å². The highest BCUT2D eigenvalue weighted by atomic mass is 14.0. The smallest absolute Gasteiger partial charge is 0.0622 e. The van der Waals surface area contributed by atoms with E-state index in [0.717, 1.165) is 5.56 Å². The second kappa shape index (κ2) is 4.31. The summed E-state index contributed by atoms with van der Waals surface area (Å²) < 4.78 is 38.8. The van der Waals surface area contributed by atoms with E-state index in [4.69, 9.17) is 6.85 Å². The predicted octanol–water partition coefficient (Wildman–Crippen LogP) is 4.48. The van der Waals surface area contributed by atoms with Gasteiger partial charge in [-0.2, -0.15) is 0 Å². The van der Waals surface area contributed by atoms with Crippen molar-refractivity contribution in [3.05, 3.63) is 60.0 Å². The minimum atomic E-state index is -0.359. The van der Waals surface area contributed by atoms with Gasteiger partial charge in [0.1, 0.15) is 0 Å². The molecule has 0 aliphatic heterocycles. The molecule has 0 N–H and O–H groups in total. The van der Waals surface area contributed by atoms with Crippen molar-refractivity contribution in [2.75, 3.05) is 0 Å². The van der Waals surface area contributed by atoms with Crippen LogP contribution < -0.4 is 0 Å². The summed E-state index contributed by atoms with van der Waals surface area (Å²) in [6, 6.07) is 6.21. The third kappa shape index (κ3) is 2.27. The van der Waals surface area contributed by atoms with Crippen LogP contribution in [0, 0.1) is 0 Å². The third-order valence-electron chi connectivity index (χ3n) is 2.37. The molecule has 0 saturated heterocycles. The number of benzene rings is 2. The quantitative estimate of drug-likeness (QED) is 0.672. The van der Waals surface area contributed by atoms with E-state index in [-0.39, 0.29) is 35.8 Å². The molecule has 0 spiro atoms. The second-order valence-electron chi connectivity index (χ2n) is 3.78. The molecule has 0 aromatic heterocycles. The van der Waals surface area contributed by atoms with E-state index >= 15 is 0 Å². The Morgan fingerprint density at radius 3 is 2.00 bits per heavy atom. The summed E-state index contributed by atoms with van der Waals surface area (Å²) in [5.74, 6) is 0.393. The highest BCUT2D eigenvalue weighted by Gasteiger charge is 1.99. The van der Waals surface area contributed by atoms with Crippen molar-refractivity contribution >= 4 is 0 Å². The Hall–Kier alpha value is -1.56. The lowest BCUT2D eigenvalue weighted by molar-refractivity contribution is 0.867. The molecule has 0 heteroatoms. The monoisotopic (exact) mass is 201 g/mol. The van der Waals surface area contributed by atoms with Gasteiger partial charge in [-0.25, -0.2) is 0 Å². The molecule has 0 unspecified atom stereocenters. The lowest BCUT2D eigenvalue weighted by atomic mass is 9.99. The molecule has 76 valence electrons. The van der Waals surface area contributed by atoms with Crippen molar-refractivity contribution in [3.63, 3.8) is 0 Å². The van der Waals surface area contributed by atoms with Crippen molar-refractivity contribution < 1.29 is 6.85 Å². The highest BCUT2D eigenvalue weighted by Crippen LogP contribution is 2.22. The third-order valence-corrected chi connectivity index (χ3v) is 2.37. The zero-order valence-electron chi connectivity index (χ0n) is 13.9. The van der Waals surface area contributed by atoms with Gasteiger partial charge >= 0.3 is 0 Å². The maximum atomic E-state index is 7.94. The predicted molar refractivity (Wildman–Crippen MR) is 66.0 cm³/mol. The first-order valence-electron chi connectivity index (χ1n) is 7.51. The lowest BCUT2D eigenvalue weighted by Gasteiger charge is -2.06. The SMILES string of the molecule is [2H]c1c([2H])c([2H])c(-c2ccc(C(C)C)cc2)c([2H])c1[2H]. The average Bonchev–Trinajstić information content (AvgIpc) is 2.44. The van der Waals surface area contributed by atoms with Crippen LogP contribution in [-0.2, 0) is 0 Å². The van der Waals surface area contributed by atoms with Crippen LogP contribution in [0.3, 0.4) is 0 Å². The van der Waals surface area contributed by atoms with Gasteiger partial charge in [0.25, 0.3) is 0 Å². The van der Waals surface area contributed by atoms with E-state index < -0.39 is 0 Å². The van der Waals surface area contributed by atoms with Crippen LogP contribution in [0.15, 0.2) is 54.5 Å². The van der Waals surface area contributed by atoms with Gasteiger partial charge in [0.05, 0.1) is 6.85 Å². The average molecular weight is 201 g/mol. The van der Waals surface area contributed by atoms with Crippen molar-refractivity contribution in [2.45, 2.75) is 19.8 Å². The van der Waals surface area contributed by atoms with Crippen LogP contribution in [0.5, 0.6) is 0 Å². The second-order valence-corrected chi connectivity index (χ2v) is 3.78. The Kier molecular flexibility index (Phi) is 1.58. The minimum Gasteiger partial charge on any atom is -0.0622 e. The minimum absolute atomic E-state index is 0.159. The van der Waals surface area contributed by atoms with Gasteiger partial charge in [0, 0.05) is 0 Å². The molecule has 2 rings (SSSR count). The Balaban J connectivity index is 2.64. The van der Waals surface area contributed by atoms with E-state index in [2.05, 4.69) is 13.8 Å². The van der Waals surface area contributed by atoms with Gasteiger partial charge in [-0.15, -0.1) is 0 Å². The normalized spacial score (nSPS) is 15.3. The van der Waals surface area contributed by atoms with Gasteiger partial charge in [-0.3, -0.25) is 0 Å². The van der Waals surface area contributed by atoms with Crippen LogP contribution >= 0.6 is 0 Å². The summed E-state index contributed by atoms with van der Waals surface area (Å²) in [6.45, 7) is 4.17. The number of hydrogen-bond donors (Lipinski definition) is 0. The van der Waals surface area contributed by atoms with Crippen LogP contribution in [0.25, 0.3) is 11.1 Å². The first-order valence-corrected chi connectivity index (χ1v) is 5.01. The standard InChI is InChI=1S/C15H16/c1-12(2)13-8-10-15(11-9-13)14-6-4-3-5-7-14/h3-12H,1-2H3/i3D,4D,5D,6D,7D. The van der Waals surface area contributed by atoms with Crippen LogP contribution in [0.1, 0.15) is 32.2 Å². The zero-order valence-corrected chi connectivity index (χ0v) is 8.89. The van der Waals surface area contributed by atoms with Crippen LogP contribution in [0.2, 0.25) is 0 Å². The maximum Gasteiger partial charge on any atom is 0.0629 e. The van der Waals surface area contributed by atoms with Crippen molar-refractivity contribution in [3.8, 4) is 11.1 Å². The first-order chi connectivity index (χ1) is 9.34. The molecule has 0 atom stereocenters. The molecule has 2 aromatic carbocycles. The molecule has 15 heavy (non-hydrogen) atoms. The summed E-state index contributed by atoms with van der Waals surface area (Å²) >= 11 is 0. The molecule has 0 bridgehead atoms. The number of hydrogen-bond acceptors (Lipinski definition) is 0. The molecule has 0 aliphatic carbocycles. The Bertz CT molecular complexity index is 615. The molecule has 2 aromatic rings. The van der Waals surface area contributed by atoms with Gasteiger partial charge < -0.3 is 0 Å². The summed E-state index contributed by atoms with van der Waals surface area (Å²) in [7, 11) is 0. The highest BCUT2D eigenvalue weighted by molar-refractivity contribution is 5.63. The Morgan fingerprint density at radius 2 is 1.47 bits per heavy atom. The van der Waals surface area contributed by atoms with Gasteiger partial charge in [-0.05, 0) is 22.6 Å². The molecule has 0 saturated carbocycles.